The molecule has 0 bridgehead atoms. The lowest BCUT2D eigenvalue weighted by Crippen LogP contribution is -2.18. The van der Waals surface area contributed by atoms with Crippen LogP contribution in [0.15, 0.2) is 43.0 Å². The topological polar surface area (TPSA) is 48.5 Å². The smallest absolute Gasteiger partial charge is 0.181 e. The van der Waals surface area contributed by atoms with Gasteiger partial charge < -0.3 is 4.57 Å². The van der Waals surface area contributed by atoms with Gasteiger partial charge in [-0.05, 0) is 36.6 Å². The van der Waals surface area contributed by atoms with Gasteiger partial charge in [-0.2, -0.15) is 5.10 Å². The van der Waals surface area contributed by atoms with E-state index in [4.69, 9.17) is 0 Å². The highest BCUT2D eigenvalue weighted by molar-refractivity contribution is 5.57. The molecule has 1 unspecified atom stereocenters. The number of nitrogens with zero attached hydrogens (tertiary/aromatic N) is 5. The van der Waals surface area contributed by atoms with Crippen molar-refractivity contribution in [3.63, 3.8) is 0 Å². The van der Waals surface area contributed by atoms with E-state index in [9.17, 15) is 0 Å². The number of benzene rings is 1. The van der Waals surface area contributed by atoms with Crippen LogP contribution in [0.2, 0.25) is 0 Å². The number of rotatable bonds is 2. The van der Waals surface area contributed by atoms with Crippen LogP contribution >= 0.6 is 0 Å². The van der Waals surface area contributed by atoms with Crippen molar-refractivity contribution in [3.05, 3.63) is 48.8 Å². The Hall–Kier alpha value is -2.43. The van der Waals surface area contributed by atoms with E-state index in [2.05, 4.69) is 50.9 Å². The van der Waals surface area contributed by atoms with Crippen LogP contribution in [0.1, 0.15) is 19.2 Å². The minimum Gasteiger partial charge on any atom is -0.306 e. The highest BCUT2D eigenvalue weighted by Gasteiger charge is 2.19. The predicted molar refractivity (Wildman–Crippen MR) is 80.1 cm³/mol. The fourth-order valence-corrected chi connectivity index (χ4v) is 2.78. The van der Waals surface area contributed by atoms with Gasteiger partial charge in [0.25, 0.3) is 0 Å². The molecule has 3 heterocycles. The van der Waals surface area contributed by atoms with Gasteiger partial charge in [0.15, 0.2) is 5.82 Å². The van der Waals surface area contributed by atoms with Crippen LogP contribution in [-0.2, 0) is 13.0 Å². The Morgan fingerprint density at radius 2 is 2.05 bits per heavy atom. The fourth-order valence-electron chi connectivity index (χ4n) is 2.78. The molecule has 3 aromatic rings. The molecule has 2 aromatic heterocycles. The summed E-state index contributed by atoms with van der Waals surface area (Å²) >= 11 is 0. The second-order valence-electron chi connectivity index (χ2n) is 5.69. The summed E-state index contributed by atoms with van der Waals surface area (Å²) in [6, 6.07) is 8.28. The highest BCUT2D eigenvalue weighted by atomic mass is 15.4. The minimum atomic E-state index is 0.690. The first kappa shape index (κ1) is 12.3. The van der Waals surface area contributed by atoms with Gasteiger partial charge in [0.1, 0.15) is 5.82 Å². The Kier molecular flexibility index (Phi) is 2.84. The van der Waals surface area contributed by atoms with Crippen LogP contribution in [-0.4, -0.2) is 24.3 Å². The van der Waals surface area contributed by atoms with Crippen LogP contribution in [0.5, 0.6) is 0 Å². The molecule has 0 saturated heterocycles. The molecule has 0 saturated carbocycles. The molecule has 0 fully saturated rings. The summed E-state index contributed by atoms with van der Waals surface area (Å²) in [4.78, 5) is 8.75. The highest BCUT2D eigenvalue weighted by Crippen LogP contribution is 2.23. The molecule has 0 radical (unpaired) electrons. The van der Waals surface area contributed by atoms with Crippen LogP contribution < -0.4 is 0 Å². The molecule has 106 valence electrons. The van der Waals surface area contributed by atoms with Crippen LogP contribution in [0.25, 0.3) is 17.1 Å². The molecule has 1 aliphatic heterocycles. The lowest BCUT2D eigenvalue weighted by Gasteiger charge is -2.17. The Morgan fingerprint density at radius 1 is 1.19 bits per heavy atom. The predicted octanol–water partition coefficient (Wildman–Crippen LogP) is 2.71. The maximum Gasteiger partial charge on any atom is 0.181 e. The van der Waals surface area contributed by atoms with E-state index in [-0.39, 0.29) is 0 Å². The maximum atomic E-state index is 4.68. The van der Waals surface area contributed by atoms with E-state index in [0.29, 0.717) is 5.92 Å². The van der Waals surface area contributed by atoms with Crippen molar-refractivity contribution in [2.45, 2.75) is 26.3 Å². The maximum absolute atomic E-state index is 4.68. The summed E-state index contributed by atoms with van der Waals surface area (Å²) in [5.41, 5.74) is 2.15. The summed E-state index contributed by atoms with van der Waals surface area (Å²) in [5, 5.41) is 4.65. The summed E-state index contributed by atoms with van der Waals surface area (Å²) in [6.07, 6.45) is 7.74. The normalized spacial score (nSPS) is 17.7. The van der Waals surface area contributed by atoms with Crippen molar-refractivity contribution in [2.24, 2.45) is 5.92 Å². The zero-order valence-electron chi connectivity index (χ0n) is 12.0. The number of imidazole rings is 1. The Bertz CT molecular complexity index is 740. The Labute approximate surface area is 123 Å². The third-order valence-electron chi connectivity index (χ3n) is 4.02. The van der Waals surface area contributed by atoms with E-state index in [1.165, 1.54) is 6.42 Å². The number of fused-ring (bicyclic) bond motifs is 1. The van der Waals surface area contributed by atoms with Gasteiger partial charge in [-0.25, -0.2) is 14.6 Å². The number of aromatic nitrogens is 5. The van der Waals surface area contributed by atoms with Crippen molar-refractivity contribution in [1.29, 1.82) is 0 Å². The molecule has 5 heteroatoms. The van der Waals surface area contributed by atoms with E-state index < -0.39 is 0 Å². The molecule has 1 aliphatic rings. The number of hydrogen-bond donors (Lipinski definition) is 0. The Balaban J connectivity index is 1.65. The lowest BCUT2D eigenvalue weighted by atomic mass is 10.0. The first-order chi connectivity index (χ1) is 10.3. The summed E-state index contributed by atoms with van der Waals surface area (Å²) in [7, 11) is 0. The third-order valence-corrected chi connectivity index (χ3v) is 4.02. The van der Waals surface area contributed by atoms with Crippen molar-refractivity contribution in [1.82, 2.24) is 24.3 Å². The third kappa shape index (κ3) is 2.24. The van der Waals surface area contributed by atoms with Crippen molar-refractivity contribution < 1.29 is 0 Å². The van der Waals surface area contributed by atoms with E-state index in [1.54, 1.807) is 12.5 Å². The summed E-state index contributed by atoms with van der Waals surface area (Å²) in [5.74, 6) is 2.63. The van der Waals surface area contributed by atoms with Gasteiger partial charge >= 0.3 is 0 Å². The molecule has 0 aliphatic carbocycles. The van der Waals surface area contributed by atoms with Gasteiger partial charge in [0.05, 0.1) is 6.33 Å². The van der Waals surface area contributed by atoms with Crippen LogP contribution in [0, 0.1) is 5.92 Å². The average molecular weight is 279 g/mol. The molecule has 1 atom stereocenters. The van der Waals surface area contributed by atoms with Gasteiger partial charge in [0.2, 0.25) is 0 Å². The Morgan fingerprint density at radius 3 is 2.81 bits per heavy atom. The average Bonchev–Trinajstić information content (AvgIpc) is 3.16. The van der Waals surface area contributed by atoms with E-state index in [1.807, 2.05) is 10.8 Å². The first-order valence-corrected chi connectivity index (χ1v) is 7.32. The second-order valence-corrected chi connectivity index (χ2v) is 5.69. The molecule has 21 heavy (non-hydrogen) atoms. The zero-order valence-corrected chi connectivity index (χ0v) is 12.0. The summed E-state index contributed by atoms with van der Waals surface area (Å²) in [6.45, 7) is 3.25. The van der Waals surface area contributed by atoms with Gasteiger partial charge in [0, 0.05) is 36.6 Å². The lowest BCUT2D eigenvalue weighted by molar-refractivity contribution is 0.368. The van der Waals surface area contributed by atoms with Crippen LogP contribution in [0.4, 0.5) is 0 Å². The molecule has 1 aromatic carbocycles. The molecule has 5 nitrogen and oxygen atoms in total. The van der Waals surface area contributed by atoms with Crippen molar-refractivity contribution in [2.75, 3.05) is 0 Å². The molecule has 0 spiro atoms. The second kappa shape index (κ2) is 4.84. The molecule has 0 amide bonds. The van der Waals surface area contributed by atoms with Gasteiger partial charge in [-0.3, -0.25) is 0 Å². The number of aryl methyl sites for hydroxylation is 1. The fraction of sp³-hybridized carbons (Fsp3) is 0.312. The first-order valence-electron chi connectivity index (χ1n) is 7.32. The monoisotopic (exact) mass is 279 g/mol. The van der Waals surface area contributed by atoms with E-state index in [0.717, 1.165) is 35.9 Å². The number of hydrogen-bond acceptors (Lipinski definition) is 3. The standard InChI is InChI=1S/C16H17N5/c1-12-2-7-15-18-16(19-21(15)10-12)13-3-5-14(6-4-13)20-9-8-17-11-20/h3-6,8-9,11-12H,2,7,10H2,1H3. The van der Waals surface area contributed by atoms with Crippen molar-refractivity contribution >= 4 is 0 Å². The van der Waals surface area contributed by atoms with E-state index >= 15 is 0 Å². The summed E-state index contributed by atoms with van der Waals surface area (Å²) < 4.78 is 4.05. The molecule has 4 rings (SSSR count). The largest absolute Gasteiger partial charge is 0.306 e. The van der Waals surface area contributed by atoms with Gasteiger partial charge in [-0.15, -0.1) is 0 Å². The molecular formula is C16H17N5. The molecule has 0 N–H and O–H groups in total. The quantitative estimate of drug-likeness (QED) is 0.724. The van der Waals surface area contributed by atoms with Crippen LogP contribution in [0.3, 0.4) is 0 Å². The molecular weight excluding hydrogens is 262 g/mol. The van der Waals surface area contributed by atoms with Crippen molar-refractivity contribution in [3.8, 4) is 17.1 Å². The SMILES string of the molecule is CC1CCc2nc(-c3ccc(-n4ccnc4)cc3)nn2C1. The zero-order chi connectivity index (χ0) is 14.2. The van der Waals surface area contributed by atoms with Gasteiger partial charge in [-0.1, -0.05) is 6.92 Å². The minimum absolute atomic E-state index is 0.690.